The molecule has 0 fully saturated rings. The Morgan fingerprint density at radius 2 is 0.560 bits per heavy atom. The summed E-state index contributed by atoms with van der Waals surface area (Å²) in [5.41, 5.74) is 28.9. The van der Waals surface area contributed by atoms with Gasteiger partial charge < -0.3 is 14.4 Å². The Kier molecular flexibility index (Phi) is 9.13. The van der Waals surface area contributed by atoms with E-state index in [0.717, 1.165) is 62.3 Å². The SMILES string of the molecule is c1ccc2c(c1)Oc1ccccc1C21c2ccccc2-c2cc(-c3ccc(N(c4ccc5c(c4)C4(c6ccccc6Oc6ccccc64)c4ccccc4-5)c4cccc5c4-c4ccccc4C54c5ccccc5-c5ccccc54)cc3)ccc21. The van der Waals surface area contributed by atoms with Crippen LogP contribution in [0.1, 0.15) is 66.8 Å². The maximum atomic E-state index is 6.82. The Hall–Kier alpha value is -10.7. The van der Waals surface area contributed by atoms with Gasteiger partial charge in [-0.25, -0.2) is 0 Å². The summed E-state index contributed by atoms with van der Waals surface area (Å²) in [6, 6.07) is 111. The molecule has 13 aromatic rings. The Labute approximate surface area is 487 Å². The highest BCUT2D eigenvalue weighted by molar-refractivity contribution is 6.02. The zero-order valence-corrected chi connectivity index (χ0v) is 45.6. The molecule has 0 N–H and O–H groups in total. The van der Waals surface area contributed by atoms with Crippen molar-refractivity contribution in [3.8, 4) is 78.6 Å². The molecular formula is C81H49NO2. The van der Waals surface area contributed by atoms with E-state index in [1.54, 1.807) is 0 Å². The van der Waals surface area contributed by atoms with Crippen molar-refractivity contribution in [3.63, 3.8) is 0 Å². The summed E-state index contributed by atoms with van der Waals surface area (Å²) in [6.45, 7) is 0. The van der Waals surface area contributed by atoms with Crippen LogP contribution in [0.2, 0.25) is 0 Å². The number of benzene rings is 13. The van der Waals surface area contributed by atoms with Crippen LogP contribution in [0.25, 0.3) is 55.6 Å². The Morgan fingerprint density at radius 3 is 1.06 bits per heavy atom. The minimum absolute atomic E-state index is 0.511. The number of anilines is 3. The van der Waals surface area contributed by atoms with E-state index in [9.17, 15) is 0 Å². The quantitative estimate of drug-likeness (QED) is 0.175. The first-order chi connectivity index (χ1) is 41.7. The highest BCUT2D eigenvalue weighted by Crippen LogP contribution is 2.67. The Balaban J connectivity index is 0.835. The molecule has 4 aliphatic carbocycles. The predicted molar refractivity (Wildman–Crippen MR) is 338 cm³/mol. The molecule has 2 heterocycles. The molecule has 0 amide bonds. The van der Waals surface area contributed by atoms with Gasteiger partial charge in [-0.2, -0.15) is 0 Å². The lowest BCUT2D eigenvalue weighted by atomic mass is 9.66. The second-order valence-corrected chi connectivity index (χ2v) is 23.2. The van der Waals surface area contributed by atoms with Crippen molar-refractivity contribution in [2.75, 3.05) is 4.90 Å². The first-order valence-electron chi connectivity index (χ1n) is 29.2. The lowest BCUT2D eigenvalue weighted by Gasteiger charge is -2.39. The maximum absolute atomic E-state index is 6.82. The largest absolute Gasteiger partial charge is 0.457 e. The second-order valence-electron chi connectivity index (χ2n) is 23.2. The van der Waals surface area contributed by atoms with Crippen LogP contribution in [-0.2, 0) is 16.2 Å². The van der Waals surface area contributed by atoms with Crippen LogP contribution in [-0.4, -0.2) is 0 Å². The number of nitrogens with zero attached hydrogens (tertiary/aromatic N) is 1. The van der Waals surface area contributed by atoms with Crippen LogP contribution in [0.3, 0.4) is 0 Å². The summed E-state index contributed by atoms with van der Waals surface area (Å²) in [4.78, 5) is 2.54. The second kappa shape index (κ2) is 16.7. The molecule has 0 bridgehead atoms. The van der Waals surface area contributed by atoms with Gasteiger partial charge in [0, 0.05) is 39.2 Å². The summed E-state index contributed by atoms with van der Waals surface area (Å²) in [6.07, 6.45) is 0. The molecule has 0 atom stereocenters. The van der Waals surface area contributed by atoms with Crippen LogP contribution >= 0.6 is 0 Å². The van der Waals surface area contributed by atoms with Gasteiger partial charge in [0.15, 0.2) is 0 Å². The molecule has 0 unspecified atom stereocenters. The zero-order chi connectivity index (χ0) is 54.9. The topological polar surface area (TPSA) is 21.7 Å². The van der Waals surface area contributed by atoms with Crippen molar-refractivity contribution >= 4 is 17.1 Å². The third kappa shape index (κ3) is 5.62. The highest BCUT2D eigenvalue weighted by atomic mass is 16.5. The summed E-state index contributed by atoms with van der Waals surface area (Å²) in [5, 5.41) is 0. The summed E-state index contributed by atoms with van der Waals surface area (Å²) < 4.78 is 13.5. The van der Waals surface area contributed by atoms with Crippen LogP contribution in [0.5, 0.6) is 23.0 Å². The van der Waals surface area contributed by atoms with Gasteiger partial charge in [0.05, 0.1) is 21.9 Å². The van der Waals surface area contributed by atoms with Crippen molar-refractivity contribution in [1.29, 1.82) is 0 Å². The molecule has 390 valence electrons. The van der Waals surface area contributed by atoms with Gasteiger partial charge in [0.25, 0.3) is 0 Å². The number of hydrogen-bond donors (Lipinski definition) is 0. The lowest BCUT2D eigenvalue weighted by Crippen LogP contribution is -2.32. The van der Waals surface area contributed by atoms with E-state index in [4.69, 9.17) is 9.47 Å². The third-order valence-electron chi connectivity index (χ3n) is 19.6. The number of ether oxygens (including phenoxy) is 2. The lowest BCUT2D eigenvalue weighted by molar-refractivity contribution is 0.436. The molecule has 0 saturated carbocycles. The smallest absolute Gasteiger partial charge is 0.132 e. The molecule has 19 rings (SSSR count). The highest BCUT2D eigenvalue weighted by Gasteiger charge is 2.55. The number of hydrogen-bond acceptors (Lipinski definition) is 3. The summed E-state index contributed by atoms with van der Waals surface area (Å²) in [5.74, 6) is 3.55. The van der Waals surface area contributed by atoms with Gasteiger partial charge in [-0.15, -0.1) is 0 Å². The maximum Gasteiger partial charge on any atom is 0.132 e. The van der Waals surface area contributed by atoms with E-state index in [1.165, 1.54) is 100 Å². The van der Waals surface area contributed by atoms with E-state index in [2.05, 4.69) is 302 Å². The molecule has 3 heteroatoms. The van der Waals surface area contributed by atoms with Gasteiger partial charge >= 0.3 is 0 Å². The third-order valence-corrected chi connectivity index (χ3v) is 19.6. The van der Waals surface area contributed by atoms with Crippen molar-refractivity contribution in [2.45, 2.75) is 16.2 Å². The van der Waals surface area contributed by atoms with Crippen molar-refractivity contribution in [1.82, 2.24) is 0 Å². The molecule has 3 spiro atoms. The molecular weight excluding hydrogens is 1020 g/mol. The summed E-state index contributed by atoms with van der Waals surface area (Å²) >= 11 is 0. The van der Waals surface area contributed by atoms with Gasteiger partial charge in [0.1, 0.15) is 23.0 Å². The average Bonchev–Trinajstić information content (AvgIpc) is 1.57. The molecule has 84 heavy (non-hydrogen) atoms. The standard InChI is InChI=1S/C81H49NO2/c1-6-25-61-54(20-1)55-21-2-7-26-62(55)79(61)65-29-10-5-24-59(65)78-71(79)34-19-35-73(78)82(53-45-46-58-56-22-3-8-27-63(56)81(72(58)49-53)69-32-13-17-38-76(69)84-77-39-18-14-33-70(77)81)52-43-40-50(41-44-52)51-42-47-66-60(48-51)57-23-4-9-28-64(57)80(66)67-30-11-15-36-74(67)83-75-37-16-12-31-68(75)80/h1-49H. The molecule has 6 aliphatic rings. The fraction of sp³-hybridized carbons (Fsp3) is 0.0370. The first-order valence-corrected chi connectivity index (χ1v) is 29.2. The molecule has 2 aliphatic heterocycles. The summed E-state index contributed by atoms with van der Waals surface area (Å²) in [7, 11) is 0. The van der Waals surface area contributed by atoms with Gasteiger partial charge in [-0.1, -0.05) is 237 Å². The average molecular weight is 1070 g/mol. The van der Waals surface area contributed by atoms with Crippen molar-refractivity contribution in [2.24, 2.45) is 0 Å². The predicted octanol–water partition coefficient (Wildman–Crippen LogP) is 20.1. The fourth-order valence-electron chi connectivity index (χ4n) is 16.6. The molecule has 13 aromatic carbocycles. The number of fused-ring (bicyclic) bond motifs is 28. The van der Waals surface area contributed by atoms with E-state index in [-0.39, 0.29) is 0 Å². The monoisotopic (exact) mass is 1070 g/mol. The molecule has 3 nitrogen and oxygen atoms in total. The van der Waals surface area contributed by atoms with Crippen molar-refractivity contribution in [3.05, 3.63) is 364 Å². The number of para-hydroxylation sites is 4. The van der Waals surface area contributed by atoms with Crippen molar-refractivity contribution < 1.29 is 9.47 Å². The van der Waals surface area contributed by atoms with Gasteiger partial charge in [-0.3, -0.25) is 0 Å². The van der Waals surface area contributed by atoms with E-state index >= 15 is 0 Å². The molecule has 0 saturated heterocycles. The minimum atomic E-state index is -0.644. The van der Waals surface area contributed by atoms with Crippen LogP contribution in [0.4, 0.5) is 17.1 Å². The molecule has 0 aromatic heterocycles. The minimum Gasteiger partial charge on any atom is -0.457 e. The Morgan fingerprint density at radius 1 is 0.214 bits per heavy atom. The normalized spacial score (nSPS) is 14.9. The first kappa shape index (κ1) is 45.9. The van der Waals surface area contributed by atoms with Gasteiger partial charge in [-0.05, 0) is 155 Å². The van der Waals surface area contributed by atoms with E-state index < -0.39 is 16.2 Å². The Bertz CT molecular complexity index is 4870. The van der Waals surface area contributed by atoms with E-state index in [1.807, 2.05) is 0 Å². The van der Waals surface area contributed by atoms with Gasteiger partial charge in [0.2, 0.25) is 0 Å². The van der Waals surface area contributed by atoms with Crippen LogP contribution < -0.4 is 14.4 Å². The molecule has 0 radical (unpaired) electrons. The number of rotatable bonds is 4. The van der Waals surface area contributed by atoms with Crippen LogP contribution in [0, 0.1) is 0 Å². The zero-order valence-electron chi connectivity index (χ0n) is 45.6. The van der Waals surface area contributed by atoms with Crippen LogP contribution in [0.15, 0.2) is 297 Å². The van der Waals surface area contributed by atoms with E-state index in [0.29, 0.717) is 0 Å². The fourth-order valence-corrected chi connectivity index (χ4v) is 16.6.